The van der Waals surface area contributed by atoms with Gasteiger partial charge < -0.3 is 4.42 Å². The monoisotopic (exact) mass is 274 g/mol. The van der Waals surface area contributed by atoms with Crippen molar-refractivity contribution < 1.29 is 9.34 Å². The average Bonchev–Trinajstić information content (AvgIpc) is 2.87. The van der Waals surface area contributed by atoms with Crippen molar-refractivity contribution in [3.63, 3.8) is 0 Å². The molecule has 94 valence electrons. The molecule has 5 nitrogen and oxygen atoms in total. The minimum absolute atomic E-state index is 0.0262. The molecule has 6 heteroatoms. The summed E-state index contributed by atoms with van der Waals surface area (Å²) in [4.78, 5) is 14.6. The van der Waals surface area contributed by atoms with Gasteiger partial charge in [0.05, 0.1) is 21.9 Å². The minimum atomic E-state index is -0.463. The zero-order chi connectivity index (χ0) is 13.4. The number of non-ortho nitro benzene ring substituents is 1. The van der Waals surface area contributed by atoms with Crippen molar-refractivity contribution in [2.24, 2.45) is 0 Å². The van der Waals surface area contributed by atoms with Crippen LogP contribution in [0, 0.1) is 10.1 Å². The highest BCUT2D eigenvalue weighted by molar-refractivity contribution is 6.33. The van der Waals surface area contributed by atoms with Gasteiger partial charge in [0.1, 0.15) is 5.58 Å². The van der Waals surface area contributed by atoms with Crippen LogP contribution in [-0.4, -0.2) is 9.91 Å². The van der Waals surface area contributed by atoms with Crippen LogP contribution in [0.5, 0.6) is 0 Å². The highest BCUT2D eigenvalue weighted by Crippen LogP contribution is 2.34. The summed E-state index contributed by atoms with van der Waals surface area (Å²) < 4.78 is 5.28. The summed E-state index contributed by atoms with van der Waals surface area (Å²) in [6.07, 6.45) is 3.12. The summed E-state index contributed by atoms with van der Waals surface area (Å²) in [6, 6.07) is 7.75. The molecule has 2 heterocycles. The Bertz CT molecular complexity index is 782. The Morgan fingerprint density at radius 3 is 2.89 bits per heavy atom. The molecule has 0 saturated carbocycles. The van der Waals surface area contributed by atoms with Crippen molar-refractivity contribution >= 4 is 28.3 Å². The van der Waals surface area contributed by atoms with E-state index in [0.29, 0.717) is 21.9 Å². The number of halogens is 1. The quantitative estimate of drug-likeness (QED) is 0.522. The van der Waals surface area contributed by atoms with E-state index in [1.54, 1.807) is 24.6 Å². The van der Waals surface area contributed by atoms with Crippen molar-refractivity contribution in [1.29, 1.82) is 0 Å². The first-order valence-corrected chi connectivity index (χ1v) is 5.81. The van der Waals surface area contributed by atoms with Crippen molar-refractivity contribution in [3.05, 3.63) is 57.9 Å². The summed E-state index contributed by atoms with van der Waals surface area (Å²) in [5.74, 6) is 0. The van der Waals surface area contributed by atoms with Crippen LogP contribution in [0.15, 0.2) is 47.2 Å². The summed E-state index contributed by atoms with van der Waals surface area (Å²) >= 11 is 6.11. The number of nitro benzene ring substituents is 1. The predicted octanol–water partition coefficient (Wildman–Crippen LogP) is 4.06. The summed E-state index contributed by atoms with van der Waals surface area (Å²) in [5.41, 5.74) is 1.72. The van der Waals surface area contributed by atoms with E-state index in [4.69, 9.17) is 16.0 Å². The first-order chi connectivity index (χ1) is 9.16. The maximum absolute atomic E-state index is 10.8. The van der Waals surface area contributed by atoms with E-state index in [-0.39, 0.29) is 5.69 Å². The highest BCUT2D eigenvalue weighted by Gasteiger charge is 2.15. The van der Waals surface area contributed by atoms with Gasteiger partial charge in [0.2, 0.25) is 0 Å². The van der Waals surface area contributed by atoms with Crippen LogP contribution in [0.4, 0.5) is 5.69 Å². The second kappa shape index (κ2) is 4.37. The maximum Gasteiger partial charge on any atom is 0.270 e. The van der Waals surface area contributed by atoms with Gasteiger partial charge >= 0.3 is 0 Å². The molecule has 0 amide bonds. The van der Waals surface area contributed by atoms with Crippen LogP contribution in [0.25, 0.3) is 22.2 Å². The number of nitrogens with zero attached hydrogens (tertiary/aromatic N) is 2. The molecule has 0 aliphatic heterocycles. The molecule has 0 unspecified atom stereocenters. The topological polar surface area (TPSA) is 69.2 Å². The summed E-state index contributed by atoms with van der Waals surface area (Å²) in [7, 11) is 0. The number of nitro groups is 1. The van der Waals surface area contributed by atoms with Gasteiger partial charge in [-0.2, -0.15) is 0 Å². The lowest BCUT2D eigenvalue weighted by molar-refractivity contribution is -0.384. The predicted molar refractivity (Wildman–Crippen MR) is 71.1 cm³/mol. The van der Waals surface area contributed by atoms with E-state index < -0.39 is 4.92 Å². The van der Waals surface area contributed by atoms with Gasteiger partial charge in [-0.1, -0.05) is 11.6 Å². The van der Waals surface area contributed by atoms with E-state index in [0.717, 1.165) is 5.39 Å². The number of fused-ring (bicyclic) bond motifs is 1. The molecule has 3 rings (SSSR count). The minimum Gasteiger partial charge on any atom is -0.464 e. The van der Waals surface area contributed by atoms with Gasteiger partial charge in [0.25, 0.3) is 5.69 Å². The van der Waals surface area contributed by atoms with Crippen LogP contribution in [-0.2, 0) is 0 Å². The lowest BCUT2D eigenvalue weighted by Crippen LogP contribution is -1.90. The van der Waals surface area contributed by atoms with E-state index >= 15 is 0 Å². The van der Waals surface area contributed by atoms with E-state index in [1.165, 1.54) is 18.2 Å². The number of benzene rings is 1. The number of rotatable bonds is 2. The van der Waals surface area contributed by atoms with E-state index in [2.05, 4.69) is 4.98 Å². The normalized spacial score (nSPS) is 10.8. The second-order valence-corrected chi connectivity index (χ2v) is 4.32. The molecule has 0 fully saturated rings. The number of furan rings is 1. The van der Waals surface area contributed by atoms with Crippen LogP contribution in [0.1, 0.15) is 0 Å². The van der Waals surface area contributed by atoms with Crippen LogP contribution >= 0.6 is 11.6 Å². The molecular formula is C13H7ClN2O3. The lowest BCUT2D eigenvalue weighted by Gasteiger charge is -2.04. The molecule has 0 radical (unpaired) electrons. The average molecular weight is 275 g/mol. The number of aromatic nitrogens is 1. The van der Waals surface area contributed by atoms with Gasteiger partial charge in [-0.05, 0) is 18.2 Å². The molecular weight excluding hydrogens is 268 g/mol. The molecule has 0 bridgehead atoms. The molecule has 0 N–H and O–H groups in total. The fourth-order valence-electron chi connectivity index (χ4n) is 1.92. The van der Waals surface area contributed by atoms with Crippen LogP contribution in [0.2, 0.25) is 5.02 Å². The van der Waals surface area contributed by atoms with Crippen molar-refractivity contribution in [2.75, 3.05) is 0 Å². The Kier molecular flexibility index (Phi) is 2.68. The largest absolute Gasteiger partial charge is 0.464 e. The van der Waals surface area contributed by atoms with Crippen LogP contribution in [0.3, 0.4) is 0 Å². The summed E-state index contributed by atoms with van der Waals surface area (Å²) in [5, 5.41) is 12.0. The van der Waals surface area contributed by atoms with E-state index in [1.807, 2.05) is 0 Å². The molecule has 0 saturated heterocycles. The molecule has 2 aromatic heterocycles. The Morgan fingerprint density at radius 1 is 1.26 bits per heavy atom. The van der Waals surface area contributed by atoms with Crippen molar-refractivity contribution in [2.45, 2.75) is 0 Å². The van der Waals surface area contributed by atoms with E-state index in [9.17, 15) is 10.1 Å². The van der Waals surface area contributed by atoms with Gasteiger partial charge in [0, 0.05) is 29.3 Å². The number of hydrogen-bond acceptors (Lipinski definition) is 4. The fraction of sp³-hybridized carbons (Fsp3) is 0. The highest BCUT2D eigenvalue weighted by atomic mass is 35.5. The second-order valence-electron chi connectivity index (χ2n) is 3.91. The molecule has 0 aliphatic rings. The van der Waals surface area contributed by atoms with Gasteiger partial charge in [-0.25, -0.2) is 0 Å². The van der Waals surface area contributed by atoms with Crippen LogP contribution < -0.4 is 0 Å². The third-order valence-corrected chi connectivity index (χ3v) is 3.13. The third-order valence-electron chi connectivity index (χ3n) is 2.80. The Labute approximate surface area is 112 Å². The molecule has 3 aromatic rings. The molecule has 1 aromatic carbocycles. The SMILES string of the molecule is O=[N+]([O-])c1ccc(Cl)c(-c2nccc3occc23)c1. The number of hydrogen-bond donors (Lipinski definition) is 0. The van der Waals surface area contributed by atoms with Gasteiger partial charge in [0.15, 0.2) is 0 Å². The zero-order valence-corrected chi connectivity index (χ0v) is 10.3. The lowest BCUT2D eigenvalue weighted by atomic mass is 10.1. The first kappa shape index (κ1) is 11.7. The first-order valence-electron chi connectivity index (χ1n) is 5.43. The summed E-state index contributed by atoms with van der Waals surface area (Å²) in [6.45, 7) is 0. The third kappa shape index (κ3) is 1.94. The molecule has 0 spiro atoms. The zero-order valence-electron chi connectivity index (χ0n) is 9.54. The molecule has 19 heavy (non-hydrogen) atoms. The van der Waals surface area contributed by atoms with Crippen molar-refractivity contribution in [1.82, 2.24) is 4.98 Å². The Balaban J connectivity index is 2.29. The smallest absolute Gasteiger partial charge is 0.270 e. The van der Waals surface area contributed by atoms with Gasteiger partial charge in [-0.3, -0.25) is 15.1 Å². The van der Waals surface area contributed by atoms with Crippen molar-refractivity contribution in [3.8, 4) is 11.3 Å². The molecule has 0 atom stereocenters. The Morgan fingerprint density at radius 2 is 2.11 bits per heavy atom. The Hall–Kier alpha value is -2.40. The molecule has 0 aliphatic carbocycles. The standard InChI is InChI=1S/C13H7ClN2O3/c14-11-2-1-8(16(17)18)7-10(11)13-9-4-6-19-12(9)3-5-15-13/h1-7H. The van der Waals surface area contributed by atoms with Gasteiger partial charge in [-0.15, -0.1) is 0 Å². The maximum atomic E-state index is 10.8. The number of pyridine rings is 1. The fourth-order valence-corrected chi connectivity index (χ4v) is 2.12.